The lowest BCUT2D eigenvalue weighted by Gasteiger charge is -2.26. The Bertz CT molecular complexity index is 422. The molecule has 1 aliphatic heterocycles. The zero-order valence-corrected chi connectivity index (χ0v) is 13.9. The molecule has 1 saturated heterocycles. The molecule has 0 amide bonds. The van der Waals surface area contributed by atoms with Crippen molar-refractivity contribution in [2.75, 3.05) is 46.1 Å². The van der Waals surface area contributed by atoms with Crippen LogP contribution in [0.3, 0.4) is 0 Å². The maximum absolute atomic E-state index is 5.82. The number of rotatable bonds is 9. The van der Waals surface area contributed by atoms with Gasteiger partial charge >= 0.3 is 0 Å². The van der Waals surface area contributed by atoms with Gasteiger partial charge in [-0.2, -0.15) is 0 Å². The van der Waals surface area contributed by atoms with Crippen molar-refractivity contribution in [3.8, 4) is 11.5 Å². The quantitative estimate of drug-likeness (QED) is 0.515. The molecular formula is C17H26ClNO3. The van der Waals surface area contributed by atoms with Gasteiger partial charge in [0.1, 0.15) is 6.61 Å². The summed E-state index contributed by atoms with van der Waals surface area (Å²) in [6, 6.07) is 7.78. The van der Waals surface area contributed by atoms with Crippen molar-refractivity contribution >= 4 is 12.4 Å². The summed E-state index contributed by atoms with van der Waals surface area (Å²) in [5, 5.41) is 0. The van der Waals surface area contributed by atoms with E-state index >= 15 is 0 Å². The summed E-state index contributed by atoms with van der Waals surface area (Å²) in [6.45, 7) is 9.84. The summed E-state index contributed by atoms with van der Waals surface area (Å²) >= 11 is 0. The molecule has 0 N–H and O–H groups in total. The van der Waals surface area contributed by atoms with Gasteiger partial charge in [-0.15, -0.1) is 12.4 Å². The van der Waals surface area contributed by atoms with Crippen LogP contribution in [0.25, 0.3) is 0 Å². The van der Waals surface area contributed by atoms with Crippen LogP contribution in [-0.2, 0) is 4.74 Å². The monoisotopic (exact) mass is 327 g/mol. The molecule has 1 aliphatic rings. The second-order valence-electron chi connectivity index (χ2n) is 5.06. The third-order valence-electron chi connectivity index (χ3n) is 3.44. The van der Waals surface area contributed by atoms with Gasteiger partial charge in [-0.05, 0) is 31.5 Å². The van der Waals surface area contributed by atoms with Gasteiger partial charge in [0.15, 0.2) is 11.5 Å². The van der Waals surface area contributed by atoms with Crippen molar-refractivity contribution < 1.29 is 14.2 Å². The van der Waals surface area contributed by atoms with Crippen LogP contribution in [0.1, 0.15) is 12.8 Å². The third kappa shape index (κ3) is 6.69. The van der Waals surface area contributed by atoms with Gasteiger partial charge in [0.05, 0.1) is 19.8 Å². The minimum Gasteiger partial charge on any atom is -0.490 e. The van der Waals surface area contributed by atoms with Crippen molar-refractivity contribution in [2.45, 2.75) is 12.8 Å². The van der Waals surface area contributed by atoms with Crippen LogP contribution in [0.2, 0.25) is 0 Å². The maximum atomic E-state index is 5.82. The molecule has 5 heteroatoms. The highest BCUT2D eigenvalue weighted by atomic mass is 35.5. The molecule has 1 aromatic rings. The zero-order chi connectivity index (χ0) is 14.8. The van der Waals surface area contributed by atoms with Crippen LogP contribution in [-0.4, -0.2) is 51.0 Å². The van der Waals surface area contributed by atoms with Crippen molar-refractivity contribution in [1.29, 1.82) is 0 Å². The lowest BCUT2D eigenvalue weighted by atomic mass is 10.3. The maximum Gasteiger partial charge on any atom is 0.161 e. The van der Waals surface area contributed by atoms with Crippen LogP contribution in [0, 0.1) is 0 Å². The molecular weight excluding hydrogens is 302 g/mol. The molecule has 0 radical (unpaired) electrons. The molecule has 0 aliphatic carbocycles. The van der Waals surface area contributed by atoms with E-state index in [-0.39, 0.29) is 12.4 Å². The van der Waals surface area contributed by atoms with Crippen LogP contribution in [0.5, 0.6) is 11.5 Å². The minimum absolute atomic E-state index is 0. The molecule has 0 bridgehead atoms. The summed E-state index contributed by atoms with van der Waals surface area (Å²) in [6.07, 6.45) is 3.93. The molecule has 1 aromatic carbocycles. The fraction of sp³-hybridized carbons (Fsp3) is 0.529. The zero-order valence-electron chi connectivity index (χ0n) is 13.0. The Morgan fingerprint density at radius 1 is 1.09 bits per heavy atom. The Morgan fingerprint density at radius 3 is 2.45 bits per heavy atom. The van der Waals surface area contributed by atoms with Crippen molar-refractivity contribution in [1.82, 2.24) is 4.90 Å². The Labute approximate surface area is 139 Å². The summed E-state index contributed by atoms with van der Waals surface area (Å²) in [4.78, 5) is 2.45. The standard InChI is InChI=1S/C17H25NO3.ClH/c1-2-12-20-16-7-3-4-8-17(16)21-13-6-5-9-18-10-14-19-15-11-18;/h2-4,7-8H,1,5-6,9-15H2;1H. The van der Waals surface area contributed by atoms with E-state index in [2.05, 4.69) is 11.5 Å². The van der Waals surface area contributed by atoms with E-state index < -0.39 is 0 Å². The highest BCUT2D eigenvalue weighted by Crippen LogP contribution is 2.26. The molecule has 0 aromatic heterocycles. The number of benzene rings is 1. The SMILES string of the molecule is C=CCOc1ccccc1OCCCCN1CCOCC1.Cl. The minimum atomic E-state index is 0. The predicted molar refractivity (Wildman–Crippen MR) is 91.4 cm³/mol. The first kappa shape index (κ1) is 18.8. The van der Waals surface area contributed by atoms with E-state index in [1.54, 1.807) is 6.08 Å². The molecule has 0 atom stereocenters. The number of ether oxygens (including phenoxy) is 3. The Kier molecular flexibility index (Phi) is 9.71. The number of para-hydroxylation sites is 2. The van der Waals surface area contributed by atoms with Gasteiger partial charge in [0, 0.05) is 13.1 Å². The number of morpholine rings is 1. The van der Waals surface area contributed by atoms with E-state index in [4.69, 9.17) is 14.2 Å². The van der Waals surface area contributed by atoms with Crippen molar-refractivity contribution in [2.24, 2.45) is 0 Å². The third-order valence-corrected chi connectivity index (χ3v) is 3.44. The molecule has 22 heavy (non-hydrogen) atoms. The topological polar surface area (TPSA) is 30.9 Å². The molecule has 4 nitrogen and oxygen atoms in total. The van der Waals surface area contributed by atoms with E-state index in [9.17, 15) is 0 Å². The fourth-order valence-corrected chi connectivity index (χ4v) is 2.28. The second kappa shape index (κ2) is 11.4. The lowest BCUT2D eigenvalue weighted by molar-refractivity contribution is 0.0368. The van der Waals surface area contributed by atoms with E-state index in [0.29, 0.717) is 6.61 Å². The first-order chi connectivity index (χ1) is 10.4. The highest BCUT2D eigenvalue weighted by Gasteiger charge is 2.09. The average molecular weight is 328 g/mol. The Hall–Kier alpha value is -1.23. The van der Waals surface area contributed by atoms with Crippen LogP contribution < -0.4 is 9.47 Å². The number of halogens is 1. The number of nitrogens with zero attached hydrogens (tertiary/aromatic N) is 1. The first-order valence-electron chi connectivity index (χ1n) is 7.66. The van der Waals surface area contributed by atoms with Gasteiger partial charge in [-0.3, -0.25) is 4.90 Å². The van der Waals surface area contributed by atoms with Crippen molar-refractivity contribution in [3.63, 3.8) is 0 Å². The Balaban J connectivity index is 0.00000242. The first-order valence-corrected chi connectivity index (χ1v) is 7.66. The van der Waals surface area contributed by atoms with Gasteiger partial charge in [-0.25, -0.2) is 0 Å². The molecule has 2 rings (SSSR count). The van der Waals surface area contributed by atoms with Crippen LogP contribution >= 0.6 is 12.4 Å². The Morgan fingerprint density at radius 2 is 1.77 bits per heavy atom. The molecule has 0 spiro atoms. The number of hydrogen-bond acceptors (Lipinski definition) is 4. The van der Waals surface area contributed by atoms with Crippen LogP contribution in [0.4, 0.5) is 0 Å². The molecule has 124 valence electrons. The summed E-state index contributed by atoms with van der Waals surface area (Å²) in [5.74, 6) is 1.59. The molecule has 0 unspecified atom stereocenters. The summed E-state index contributed by atoms with van der Waals surface area (Å²) in [7, 11) is 0. The second-order valence-corrected chi connectivity index (χ2v) is 5.06. The number of hydrogen-bond donors (Lipinski definition) is 0. The van der Waals surface area contributed by atoms with E-state index in [0.717, 1.165) is 63.8 Å². The normalized spacial score (nSPS) is 14.9. The van der Waals surface area contributed by atoms with Gasteiger partial charge in [0.2, 0.25) is 0 Å². The molecule has 0 saturated carbocycles. The smallest absolute Gasteiger partial charge is 0.161 e. The van der Waals surface area contributed by atoms with Crippen LogP contribution in [0.15, 0.2) is 36.9 Å². The number of unbranched alkanes of at least 4 members (excludes halogenated alkanes) is 1. The lowest BCUT2D eigenvalue weighted by Crippen LogP contribution is -2.36. The van der Waals surface area contributed by atoms with E-state index in [1.807, 2.05) is 24.3 Å². The molecule has 1 fully saturated rings. The average Bonchev–Trinajstić information content (AvgIpc) is 2.54. The molecule has 1 heterocycles. The summed E-state index contributed by atoms with van der Waals surface area (Å²) in [5.41, 5.74) is 0. The highest BCUT2D eigenvalue weighted by molar-refractivity contribution is 5.85. The largest absolute Gasteiger partial charge is 0.490 e. The van der Waals surface area contributed by atoms with Gasteiger partial charge in [-0.1, -0.05) is 24.8 Å². The fourth-order valence-electron chi connectivity index (χ4n) is 2.28. The predicted octanol–water partition coefficient (Wildman–Crippen LogP) is 3.16. The van der Waals surface area contributed by atoms with Gasteiger partial charge < -0.3 is 14.2 Å². The summed E-state index contributed by atoms with van der Waals surface area (Å²) < 4.78 is 16.7. The van der Waals surface area contributed by atoms with E-state index in [1.165, 1.54) is 0 Å². The van der Waals surface area contributed by atoms with Gasteiger partial charge in [0.25, 0.3) is 0 Å². The van der Waals surface area contributed by atoms with Crippen molar-refractivity contribution in [3.05, 3.63) is 36.9 Å².